The van der Waals surface area contributed by atoms with E-state index in [0.717, 1.165) is 18.5 Å². The molecule has 2 atom stereocenters. The van der Waals surface area contributed by atoms with Gasteiger partial charge >= 0.3 is 0 Å². The molecular formula is C14H28N2. The summed E-state index contributed by atoms with van der Waals surface area (Å²) in [7, 11) is 0. The maximum atomic E-state index is 3.70. The van der Waals surface area contributed by atoms with Gasteiger partial charge in [-0.05, 0) is 38.8 Å². The van der Waals surface area contributed by atoms with Crippen molar-refractivity contribution in [1.82, 2.24) is 10.2 Å². The second-order valence-corrected chi connectivity index (χ2v) is 4.85. The summed E-state index contributed by atoms with van der Waals surface area (Å²) in [6.07, 6.45) is 8.29. The number of hydrogen-bond acceptors (Lipinski definition) is 2. The highest BCUT2D eigenvalue weighted by Crippen LogP contribution is 2.20. The van der Waals surface area contributed by atoms with Gasteiger partial charge < -0.3 is 5.32 Å². The molecule has 0 aromatic heterocycles. The second-order valence-electron chi connectivity index (χ2n) is 4.85. The third-order valence-corrected chi connectivity index (χ3v) is 3.60. The molecule has 16 heavy (non-hydrogen) atoms. The van der Waals surface area contributed by atoms with Gasteiger partial charge in [0.25, 0.3) is 0 Å². The first kappa shape index (κ1) is 13.7. The van der Waals surface area contributed by atoms with Crippen LogP contribution in [0.2, 0.25) is 0 Å². The van der Waals surface area contributed by atoms with E-state index in [9.17, 15) is 0 Å². The molecule has 0 aromatic carbocycles. The summed E-state index contributed by atoms with van der Waals surface area (Å²) in [5.74, 6) is 0.838. The highest BCUT2D eigenvalue weighted by molar-refractivity contribution is 4.88. The number of allylic oxidation sites excluding steroid dienone is 1. The highest BCUT2D eigenvalue weighted by Gasteiger charge is 2.26. The van der Waals surface area contributed by atoms with Gasteiger partial charge in [-0.3, -0.25) is 4.90 Å². The van der Waals surface area contributed by atoms with E-state index >= 15 is 0 Å². The Labute approximate surface area is 101 Å². The van der Waals surface area contributed by atoms with Crippen LogP contribution in [0.3, 0.4) is 0 Å². The van der Waals surface area contributed by atoms with E-state index in [1.54, 1.807) is 0 Å². The molecule has 1 aliphatic heterocycles. The molecule has 0 spiro atoms. The predicted molar refractivity (Wildman–Crippen MR) is 71.7 cm³/mol. The fourth-order valence-corrected chi connectivity index (χ4v) is 2.54. The van der Waals surface area contributed by atoms with Crippen LogP contribution in [0.1, 0.15) is 40.0 Å². The second kappa shape index (κ2) is 7.86. The van der Waals surface area contributed by atoms with E-state index in [1.165, 1.54) is 38.9 Å². The first-order valence-electron chi connectivity index (χ1n) is 6.88. The molecule has 1 N–H and O–H groups in total. The number of nitrogens with zero attached hydrogens (tertiary/aromatic N) is 1. The molecule has 0 saturated carbocycles. The van der Waals surface area contributed by atoms with Crippen molar-refractivity contribution in [2.45, 2.75) is 46.1 Å². The lowest BCUT2D eigenvalue weighted by atomic mass is 9.90. The zero-order valence-corrected chi connectivity index (χ0v) is 11.2. The standard InChI is InChI=1S/C14H28N2/c1-4-7-10-16-11-8-14(15-9-5-2)13(6-3)12-16/h4,7,13-15H,5-6,8-12H2,1-3H3/b7-4+. The first-order chi connectivity index (χ1) is 7.81. The largest absolute Gasteiger partial charge is 0.314 e. The molecule has 0 aromatic rings. The Morgan fingerprint density at radius 1 is 1.38 bits per heavy atom. The number of piperidine rings is 1. The van der Waals surface area contributed by atoms with Crippen LogP contribution < -0.4 is 5.32 Å². The number of hydrogen-bond donors (Lipinski definition) is 1. The molecule has 1 heterocycles. The van der Waals surface area contributed by atoms with Gasteiger partial charge in [0.15, 0.2) is 0 Å². The van der Waals surface area contributed by atoms with E-state index in [1.807, 2.05) is 0 Å². The van der Waals surface area contributed by atoms with E-state index in [-0.39, 0.29) is 0 Å². The van der Waals surface area contributed by atoms with Gasteiger partial charge in [-0.1, -0.05) is 32.4 Å². The van der Waals surface area contributed by atoms with Gasteiger partial charge in [0.05, 0.1) is 0 Å². The average molecular weight is 224 g/mol. The SMILES string of the molecule is C/C=C/CN1CCC(NCCC)C(CC)C1. The molecule has 2 unspecified atom stereocenters. The van der Waals surface area contributed by atoms with Crippen LogP contribution in [0.25, 0.3) is 0 Å². The summed E-state index contributed by atoms with van der Waals surface area (Å²) in [5.41, 5.74) is 0. The monoisotopic (exact) mass is 224 g/mol. The van der Waals surface area contributed by atoms with Crippen molar-refractivity contribution in [3.63, 3.8) is 0 Å². The minimum atomic E-state index is 0.756. The van der Waals surface area contributed by atoms with Gasteiger partial charge in [-0.25, -0.2) is 0 Å². The van der Waals surface area contributed by atoms with Crippen molar-refractivity contribution in [2.75, 3.05) is 26.2 Å². The average Bonchev–Trinajstić information content (AvgIpc) is 2.34. The minimum absolute atomic E-state index is 0.756. The highest BCUT2D eigenvalue weighted by atomic mass is 15.1. The molecule has 94 valence electrons. The molecular weight excluding hydrogens is 196 g/mol. The summed E-state index contributed by atoms with van der Waals surface area (Å²) in [5, 5.41) is 3.70. The molecule has 0 bridgehead atoms. The molecule has 1 fully saturated rings. The molecule has 2 nitrogen and oxygen atoms in total. The molecule has 1 saturated heterocycles. The maximum absolute atomic E-state index is 3.70. The van der Waals surface area contributed by atoms with Crippen molar-refractivity contribution in [1.29, 1.82) is 0 Å². The maximum Gasteiger partial charge on any atom is 0.0163 e. The van der Waals surface area contributed by atoms with Gasteiger partial charge in [-0.2, -0.15) is 0 Å². The van der Waals surface area contributed by atoms with Crippen LogP contribution in [0.4, 0.5) is 0 Å². The first-order valence-corrected chi connectivity index (χ1v) is 6.88. The molecule has 1 rings (SSSR count). The van der Waals surface area contributed by atoms with Crippen molar-refractivity contribution < 1.29 is 0 Å². The van der Waals surface area contributed by atoms with E-state index in [2.05, 4.69) is 43.1 Å². The molecule has 0 aliphatic carbocycles. The lowest BCUT2D eigenvalue weighted by Crippen LogP contribution is -2.49. The van der Waals surface area contributed by atoms with Gasteiger partial charge in [0.1, 0.15) is 0 Å². The number of nitrogens with one attached hydrogen (secondary N) is 1. The van der Waals surface area contributed by atoms with Crippen molar-refractivity contribution in [3.8, 4) is 0 Å². The number of likely N-dealkylation sites (tertiary alicyclic amines) is 1. The fraction of sp³-hybridized carbons (Fsp3) is 0.857. The third kappa shape index (κ3) is 4.26. The Morgan fingerprint density at radius 2 is 2.19 bits per heavy atom. The Bertz CT molecular complexity index is 201. The lowest BCUT2D eigenvalue weighted by molar-refractivity contribution is 0.146. The smallest absolute Gasteiger partial charge is 0.0163 e. The molecule has 0 radical (unpaired) electrons. The predicted octanol–water partition coefficient (Wildman–Crippen LogP) is 2.66. The summed E-state index contributed by atoms with van der Waals surface area (Å²) in [4.78, 5) is 2.58. The van der Waals surface area contributed by atoms with Crippen molar-refractivity contribution >= 4 is 0 Å². The van der Waals surface area contributed by atoms with Gasteiger partial charge in [0.2, 0.25) is 0 Å². The summed E-state index contributed by atoms with van der Waals surface area (Å²) < 4.78 is 0. The fourth-order valence-electron chi connectivity index (χ4n) is 2.54. The Balaban J connectivity index is 2.37. The van der Waals surface area contributed by atoms with E-state index in [0.29, 0.717) is 0 Å². The van der Waals surface area contributed by atoms with Gasteiger partial charge in [-0.15, -0.1) is 0 Å². The quantitative estimate of drug-likeness (QED) is 0.698. The van der Waals surface area contributed by atoms with Crippen LogP contribution in [0.5, 0.6) is 0 Å². The van der Waals surface area contributed by atoms with Gasteiger partial charge in [0, 0.05) is 19.1 Å². The van der Waals surface area contributed by atoms with Crippen LogP contribution in [0, 0.1) is 5.92 Å². The number of rotatable bonds is 6. The topological polar surface area (TPSA) is 15.3 Å². The Kier molecular flexibility index (Phi) is 6.74. The summed E-state index contributed by atoms with van der Waals surface area (Å²) in [6.45, 7) is 11.5. The summed E-state index contributed by atoms with van der Waals surface area (Å²) in [6, 6.07) is 0.756. The van der Waals surface area contributed by atoms with Crippen molar-refractivity contribution in [2.24, 2.45) is 5.92 Å². The van der Waals surface area contributed by atoms with Crippen molar-refractivity contribution in [3.05, 3.63) is 12.2 Å². The molecule has 1 aliphatic rings. The minimum Gasteiger partial charge on any atom is -0.314 e. The van der Waals surface area contributed by atoms with Crippen LogP contribution in [-0.2, 0) is 0 Å². The third-order valence-electron chi connectivity index (χ3n) is 3.60. The van der Waals surface area contributed by atoms with E-state index in [4.69, 9.17) is 0 Å². The lowest BCUT2D eigenvalue weighted by Gasteiger charge is -2.38. The van der Waals surface area contributed by atoms with Crippen LogP contribution in [0.15, 0.2) is 12.2 Å². The summed E-state index contributed by atoms with van der Waals surface area (Å²) >= 11 is 0. The Hall–Kier alpha value is -0.340. The zero-order valence-electron chi connectivity index (χ0n) is 11.2. The Morgan fingerprint density at radius 3 is 2.81 bits per heavy atom. The van der Waals surface area contributed by atoms with Crippen LogP contribution >= 0.6 is 0 Å². The normalized spacial score (nSPS) is 27.7. The molecule has 2 heteroatoms. The van der Waals surface area contributed by atoms with E-state index < -0.39 is 0 Å². The zero-order chi connectivity index (χ0) is 11.8. The van der Waals surface area contributed by atoms with Crippen LogP contribution in [-0.4, -0.2) is 37.1 Å². The molecule has 0 amide bonds.